The number of unbranched alkanes of at least 4 members (excludes halogenated alkanes) is 5. The molecule has 0 aromatic heterocycles. The van der Waals surface area contributed by atoms with E-state index in [0.29, 0.717) is 24.5 Å². The second-order valence-corrected chi connectivity index (χ2v) is 6.37. The first-order valence-corrected chi connectivity index (χ1v) is 7.85. The van der Waals surface area contributed by atoms with E-state index in [1.54, 1.807) is 0 Å². The van der Waals surface area contributed by atoms with Crippen LogP contribution in [0.5, 0.6) is 0 Å². The van der Waals surface area contributed by atoms with Crippen LogP contribution < -0.4 is 5.73 Å². The third-order valence-corrected chi connectivity index (χ3v) is 4.29. The summed E-state index contributed by atoms with van der Waals surface area (Å²) < 4.78 is 23.0. The highest BCUT2D eigenvalue weighted by atomic mass is 32.2. The standard InChI is InChI=1S/C11H25NO2S/c1-2-3-4-5-7-10-15(13,14)11-8-6-9-12/h2-12H2,1H3. The van der Waals surface area contributed by atoms with E-state index in [9.17, 15) is 8.42 Å². The van der Waals surface area contributed by atoms with Crippen LogP contribution in [0.25, 0.3) is 0 Å². The fraction of sp³-hybridized carbons (Fsp3) is 1.00. The Balaban J connectivity index is 3.47. The summed E-state index contributed by atoms with van der Waals surface area (Å²) >= 11 is 0. The minimum absolute atomic E-state index is 0.317. The molecule has 0 rings (SSSR count). The Morgan fingerprint density at radius 3 is 1.93 bits per heavy atom. The molecule has 0 aromatic rings. The molecule has 0 aliphatic carbocycles. The molecule has 0 spiro atoms. The first kappa shape index (κ1) is 14.9. The van der Waals surface area contributed by atoms with Gasteiger partial charge in [0.2, 0.25) is 0 Å². The molecule has 0 amide bonds. The summed E-state index contributed by atoms with van der Waals surface area (Å²) in [6.45, 7) is 2.75. The van der Waals surface area contributed by atoms with Gasteiger partial charge in [-0.05, 0) is 25.8 Å². The van der Waals surface area contributed by atoms with Crippen molar-refractivity contribution in [1.82, 2.24) is 0 Å². The number of hydrogen-bond donors (Lipinski definition) is 1. The van der Waals surface area contributed by atoms with Crippen molar-refractivity contribution in [2.45, 2.75) is 51.9 Å². The summed E-state index contributed by atoms with van der Waals surface area (Å²) in [4.78, 5) is 0. The van der Waals surface area contributed by atoms with Crippen LogP contribution in [-0.4, -0.2) is 26.5 Å². The maximum atomic E-state index is 11.5. The highest BCUT2D eigenvalue weighted by molar-refractivity contribution is 7.91. The fourth-order valence-corrected chi connectivity index (χ4v) is 2.99. The van der Waals surface area contributed by atoms with Crippen molar-refractivity contribution in [1.29, 1.82) is 0 Å². The lowest BCUT2D eigenvalue weighted by molar-refractivity contribution is 0.583. The highest BCUT2D eigenvalue weighted by Crippen LogP contribution is 2.06. The quantitative estimate of drug-likeness (QED) is 0.590. The highest BCUT2D eigenvalue weighted by Gasteiger charge is 2.09. The van der Waals surface area contributed by atoms with E-state index in [0.717, 1.165) is 25.7 Å². The minimum atomic E-state index is -2.80. The zero-order chi connectivity index (χ0) is 11.6. The van der Waals surface area contributed by atoms with E-state index in [2.05, 4.69) is 6.92 Å². The van der Waals surface area contributed by atoms with Crippen LogP contribution in [0.2, 0.25) is 0 Å². The van der Waals surface area contributed by atoms with Gasteiger partial charge in [0.05, 0.1) is 11.5 Å². The van der Waals surface area contributed by atoms with Gasteiger partial charge in [-0.25, -0.2) is 8.42 Å². The molecule has 0 aliphatic heterocycles. The predicted molar refractivity (Wildman–Crippen MR) is 65.7 cm³/mol. The smallest absolute Gasteiger partial charge is 0.150 e. The van der Waals surface area contributed by atoms with Crippen molar-refractivity contribution >= 4 is 9.84 Å². The summed E-state index contributed by atoms with van der Waals surface area (Å²) in [5.74, 6) is 0.680. The zero-order valence-corrected chi connectivity index (χ0v) is 10.7. The molecule has 4 heteroatoms. The van der Waals surface area contributed by atoms with Gasteiger partial charge in [0.15, 0.2) is 0 Å². The SMILES string of the molecule is CCCCCCCS(=O)(=O)CCCCN. The average molecular weight is 235 g/mol. The van der Waals surface area contributed by atoms with Gasteiger partial charge in [0, 0.05) is 0 Å². The van der Waals surface area contributed by atoms with Gasteiger partial charge in [-0.15, -0.1) is 0 Å². The molecule has 15 heavy (non-hydrogen) atoms. The maximum absolute atomic E-state index is 11.5. The second-order valence-electron chi connectivity index (χ2n) is 4.06. The summed E-state index contributed by atoms with van der Waals surface area (Å²) in [5.41, 5.74) is 5.32. The van der Waals surface area contributed by atoms with Gasteiger partial charge in [0.1, 0.15) is 9.84 Å². The fourth-order valence-electron chi connectivity index (χ4n) is 1.49. The van der Waals surface area contributed by atoms with Crippen LogP contribution in [0.1, 0.15) is 51.9 Å². The Morgan fingerprint density at radius 1 is 0.867 bits per heavy atom. The molecule has 0 saturated heterocycles. The molecule has 92 valence electrons. The lowest BCUT2D eigenvalue weighted by atomic mass is 10.2. The van der Waals surface area contributed by atoms with E-state index in [1.165, 1.54) is 12.8 Å². The Bertz CT molecular complexity index is 225. The van der Waals surface area contributed by atoms with Gasteiger partial charge in [-0.2, -0.15) is 0 Å². The van der Waals surface area contributed by atoms with Crippen molar-refractivity contribution in [2.75, 3.05) is 18.1 Å². The van der Waals surface area contributed by atoms with E-state index in [4.69, 9.17) is 5.73 Å². The maximum Gasteiger partial charge on any atom is 0.150 e. The van der Waals surface area contributed by atoms with E-state index in [-0.39, 0.29) is 0 Å². The summed E-state index contributed by atoms with van der Waals surface area (Å²) in [7, 11) is -2.80. The molecule has 0 unspecified atom stereocenters. The Morgan fingerprint density at radius 2 is 1.40 bits per heavy atom. The van der Waals surface area contributed by atoms with Crippen molar-refractivity contribution in [3.05, 3.63) is 0 Å². The van der Waals surface area contributed by atoms with Crippen LogP contribution in [0.4, 0.5) is 0 Å². The topological polar surface area (TPSA) is 60.2 Å². The van der Waals surface area contributed by atoms with Gasteiger partial charge in [-0.3, -0.25) is 0 Å². The predicted octanol–water partition coefficient (Wildman–Crippen LogP) is 2.11. The molecule has 0 aliphatic rings. The van der Waals surface area contributed by atoms with Gasteiger partial charge in [-0.1, -0.05) is 32.6 Å². The van der Waals surface area contributed by atoms with Crippen LogP contribution >= 0.6 is 0 Å². The Kier molecular flexibility index (Phi) is 9.10. The lowest BCUT2D eigenvalue weighted by Crippen LogP contribution is -2.12. The number of nitrogens with two attached hydrogens (primary N) is 1. The van der Waals surface area contributed by atoms with Crippen molar-refractivity contribution in [3.8, 4) is 0 Å². The molecule has 0 saturated carbocycles. The van der Waals surface area contributed by atoms with Crippen LogP contribution in [0.15, 0.2) is 0 Å². The largest absolute Gasteiger partial charge is 0.330 e. The van der Waals surface area contributed by atoms with E-state index < -0.39 is 9.84 Å². The molecule has 0 fully saturated rings. The normalized spacial score (nSPS) is 11.9. The van der Waals surface area contributed by atoms with Gasteiger partial charge < -0.3 is 5.73 Å². The number of rotatable bonds is 10. The molecular weight excluding hydrogens is 210 g/mol. The first-order chi connectivity index (χ1) is 7.12. The first-order valence-electron chi connectivity index (χ1n) is 6.03. The summed E-state index contributed by atoms with van der Waals surface area (Å²) in [6.07, 6.45) is 6.98. The molecule has 0 radical (unpaired) electrons. The molecule has 0 bridgehead atoms. The molecule has 0 heterocycles. The number of sulfone groups is 1. The van der Waals surface area contributed by atoms with Crippen LogP contribution in [-0.2, 0) is 9.84 Å². The van der Waals surface area contributed by atoms with E-state index in [1.807, 2.05) is 0 Å². The average Bonchev–Trinajstić information content (AvgIpc) is 2.17. The third kappa shape index (κ3) is 10.2. The van der Waals surface area contributed by atoms with Crippen LogP contribution in [0.3, 0.4) is 0 Å². The number of hydrogen-bond acceptors (Lipinski definition) is 3. The molecule has 3 nitrogen and oxygen atoms in total. The summed E-state index contributed by atoms with van der Waals surface area (Å²) in [5, 5.41) is 0. The monoisotopic (exact) mass is 235 g/mol. The zero-order valence-electron chi connectivity index (χ0n) is 9.87. The Labute approximate surface area is 94.4 Å². The third-order valence-electron chi connectivity index (χ3n) is 2.47. The van der Waals surface area contributed by atoms with Gasteiger partial charge >= 0.3 is 0 Å². The van der Waals surface area contributed by atoms with Crippen LogP contribution in [0, 0.1) is 0 Å². The Hall–Kier alpha value is -0.0900. The summed E-state index contributed by atoms with van der Waals surface area (Å²) in [6, 6.07) is 0. The molecular formula is C11H25NO2S. The molecule has 0 atom stereocenters. The lowest BCUT2D eigenvalue weighted by Gasteiger charge is -2.03. The van der Waals surface area contributed by atoms with E-state index >= 15 is 0 Å². The van der Waals surface area contributed by atoms with Crippen molar-refractivity contribution < 1.29 is 8.42 Å². The molecule has 2 N–H and O–H groups in total. The van der Waals surface area contributed by atoms with Crippen molar-refractivity contribution in [3.63, 3.8) is 0 Å². The molecule has 0 aromatic carbocycles. The second kappa shape index (κ2) is 9.16. The van der Waals surface area contributed by atoms with Gasteiger partial charge in [0.25, 0.3) is 0 Å². The van der Waals surface area contributed by atoms with Crippen molar-refractivity contribution in [2.24, 2.45) is 5.73 Å². The minimum Gasteiger partial charge on any atom is -0.330 e.